The third kappa shape index (κ3) is 5.91. The van der Waals surface area contributed by atoms with Crippen molar-refractivity contribution in [3.05, 3.63) is 58.2 Å². The van der Waals surface area contributed by atoms with Crippen LogP contribution in [-0.4, -0.2) is 33.0 Å². The molecular formula is C26H29N5O3S2. The van der Waals surface area contributed by atoms with Crippen molar-refractivity contribution in [1.82, 2.24) is 14.8 Å². The third-order valence-corrected chi connectivity index (χ3v) is 7.90. The van der Waals surface area contributed by atoms with Gasteiger partial charge in [-0.15, -0.1) is 28.1 Å². The van der Waals surface area contributed by atoms with E-state index in [0.717, 1.165) is 36.8 Å². The number of allylic oxidation sites excluding steroid dienone is 1. The van der Waals surface area contributed by atoms with Crippen molar-refractivity contribution in [2.45, 2.75) is 57.8 Å². The van der Waals surface area contributed by atoms with Crippen molar-refractivity contribution in [3.8, 4) is 17.6 Å². The fourth-order valence-corrected chi connectivity index (χ4v) is 6.08. The lowest BCUT2D eigenvalue weighted by Gasteiger charge is -2.13. The minimum Gasteiger partial charge on any atom is -0.490 e. The third-order valence-electron chi connectivity index (χ3n) is 5.73. The monoisotopic (exact) mass is 523 g/mol. The highest BCUT2D eigenvalue weighted by Gasteiger charge is 2.22. The smallest absolute Gasteiger partial charge is 0.235 e. The molecule has 0 unspecified atom stereocenters. The molecule has 0 saturated carbocycles. The van der Waals surface area contributed by atoms with Crippen molar-refractivity contribution < 1.29 is 14.3 Å². The summed E-state index contributed by atoms with van der Waals surface area (Å²) in [6, 6.07) is 8.07. The molecule has 0 fully saturated rings. The van der Waals surface area contributed by atoms with Crippen molar-refractivity contribution in [2.75, 3.05) is 17.7 Å². The average Bonchev–Trinajstić information content (AvgIpc) is 3.42. The number of amides is 1. The molecule has 2 aromatic heterocycles. The quantitative estimate of drug-likeness (QED) is 0.269. The Morgan fingerprint density at radius 1 is 1.31 bits per heavy atom. The zero-order chi connectivity index (χ0) is 25.5. The number of nitrogens with one attached hydrogen (secondary N) is 1. The molecule has 0 radical (unpaired) electrons. The van der Waals surface area contributed by atoms with Gasteiger partial charge < -0.3 is 14.8 Å². The summed E-state index contributed by atoms with van der Waals surface area (Å²) in [6.45, 7) is 8.99. The van der Waals surface area contributed by atoms with Crippen LogP contribution >= 0.6 is 23.1 Å². The number of anilines is 1. The Hall–Kier alpha value is -3.29. The van der Waals surface area contributed by atoms with E-state index in [-0.39, 0.29) is 18.3 Å². The summed E-state index contributed by atoms with van der Waals surface area (Å²) >= 11 is 2.81. The number of nitriles is 1. The van der Waals surface area contributed by atoms with E-state index in [1.165, 1.54) is 28.0 Å². The minimum absolute atomic E-state index is 0.149. The van der Waals surface area contributed by atoms with E-state index in [1.54, 1.807) is 6.08 Å². The van der Waals surface area contributed by atoms with E-state index < -0.39 is 0 Å². The van der Waals surface area contributed by atoms with Gasteiger partial charge in [-0.2, -0.15) is 5.26 Å². The van der Waals surface area contributed by atoms with Gasteiger partial charge in [0, 0.05) is 11.4 Å². The van der Waals surface area contributed by atoms with Crippen molar-refractivity contribution >= 4 is 34.0 Å². The van der Waals surface area contributed by atoms with Crippen LogP contribution in [0.25, 0.3) is 0 Å². The van der Waals surface area contributed by atoms with Crippen LogP contribution in [0.3, 0.4) is 0 Å². The molecule has 10 heteroatoms. The summed E-state index contributed by atoms with van der Waals surface area (Å²) in [5.74, 6) is 1.91. The largest absolute Gasteiger partial charge is 0.490 e. The lowest BCUT2D eigenvalue weighted by atomic mass is 9.96. The topological polar surface area (TPSA) is 102 Å². The highest BCUT2D eigenvalue weighted by atomic mass is 32.2. The number of fused-ring (bicyclic) bond motifs is 1. The summed E-state index contributed by atoms with van der Waals surface area (Å²) in [7, 11) is 0. The second kappa shape index (κ2) is 12.1. The Morgan fingerprint density at radius 2 is 2.14 bits per heavy atom. The molecule has 1 aliphatic rings. The lowest BCUT2D eigenvalue weighted by molar-refractivity contribution is -0.113. The second-order valence-corrected chi connectivity index (χ2v) is 10.4. The van der Waals surface area contributed by atoms with Gasteiger partial charge in [-0.05, 0) is 62.8 Å². The standard InChI is InChI=1S/C26H29N5O3S2/c1-4-12-31-23(15-34-20-11-10-17(3)13-21(20)33-5-2)29-30-26(31)35-16-24(32)28-25-19(14-27)18-8-6-7-9-22(18)36-25/h4,10-11,13H,1,5-9,12,15-16H2,2-3H3,(H,28,32). The number of ether oxygens (including phenoxy) is 2. The summed E-state index contributed by atoms with van der Waals surface area (Å²) in [6.07, 6.45) is 5.85. The van der Waals surface area contributed by atoms with Crippen LogP contribution in [0.15, 0.2) is 36.0 Å². The molecule has 1 N–H and O–H groups in total. The van der Waals surface area contributed by atoms with E-state index in [9.17, 15) is 10.1 Å². The molecule has 1 aromatic carbocycles. The van der Waals surface area contributed by atoms with Gasteiger partial charge in [0.05, 0.1) is 17.9 Å². The first-order valence-electron chi connectivity index (χ1n) is 11.9. The molecule has 36 heavy (non-hydrogen) atoms. The molecule has 0 spiro atoms. The number of carbonyl (C=O) groups is 1. The Kier molecular flexibility index (Phi) is 8.67. The van der Waals surface area contributed by atoms with Gasteiger partial charge in [-0.25, -0.2) is 0 Å². The zero-order valence-corrected chi connectivity index (χ0v) is 22.1. The van der Waals surface area contributed by atoms with Gasteiger partial charge >= 0.3 is 0 Å². The first-order valence-corrected chi connectivity index (χ1v) is 13.7. The van der Waals surface area contributed by atoms with Crippen LogP contribution in [0.1, 0.15) is 47.2 Å². The summed E-state index contributed by atoms with van der Waals surface area (Å²) < 4.78 is 13.6. The molecule has 0 atom stereocenters. The van der Waals surface area contributed by atoms with Crippen molar-refractivity contribution in [1.29, 1.82) is 5.26 Å². The van der Waals surface area contributed by atoms with Crippen LogP contribution in [0.4, 0.5) is 5.00 Å². The molecule has 3 aromatic rings. The number of hydrogen-bond acceptors (Lipinski definition) is 8. The molecular weight excluding hydrogens is 494 g/mol. The van der Waals surface area contributed by atoms with Gasteiger partial charge in [0.2, 0.25) is 5.91 Å². The zero-order valence-electron chi connectivity index (χ0n) is 20.5. The number of thiophene rings is 1. The predicted molar refractivity (Wildman–Crippen MR) is 142 cm³/mol. The van der Waals surface area contributed by atoms with E-state index in [1.807, 2.05) is 36.6 Å². The Bertz CT molecular complexity index is 1290. The summed E-state index contributed by atoms with van der Waals surface area (Å²) in [4.78, 5) is 13.9. The maximum Gasteiger partial charge on any atom is 0.235 e. The highest BCUT2D eigenvalue weighted by Crippen LogP contribution is 2.37. The molecule has 1 amide bonds. The molecule has 4 rings (SSSR count). The van der Waals surface area contributed by atoms with Crippen LogP contribution < -0.4 is 14.8 Å². The van der Waals surface area contributed by atoms with Gasteiger partial charge in [0.1, 0.15) is 17.7 Å². The van der Waals surface area contributed by atoms with Gasteiger partial charge in [-0.1, -0.05) is 23.9 Å². The summed E-state index contributed by atoms with van der Waals surface area (Å²) in [5.41, 5.74) is 2.81. The molecule has 8 nitrogen and oxygen atoms in total. The molecule has 0 saturated heterocycles. The van der Waals surface area contributed by atoms with Crippen LogP contribution in [0.2, 0.25) is 0 Å². The SMILES string of the molecule is C=CCn1c(COc2ccc(C)cc2OCC)nnc1SCC(=O)Nc1sc2c(c1C#N)CCCC2. The molecule has 188 valence electrons. The van der Waals surface area contributed by atoms with Gasteiger partial charge in [-0.3, -0.25) is 9.36 Å². The fourth-order valence-electron chi connectivity index (χ4n) is 4.06. The lowest BCUT2D eigenvalue weighted by Crippen LogP contribution is -2.15. The second-order valence-electron chi connectivity index (χ2n) is 8.33. The number of rotatable bonds is 11. The van der Waals surface area contributed by atoms with E-state index in [2.05, 4.69) is 28.2 Å². The van der Waals surface area contributed by atoms with E-state index >= 15 is 0 Å². The van der Waals surface area contributed by atoms with E-state index in [4.69, 9.17) is 9.47 Å². The first kappa shape index (κ1) is 25.8. The van der Waals surface area contributed by atoms with Crippen molar-refractivity contribution in [3.63, 3.8) is 0 Å². The van der Waals surface area contributed by atoms with Crippen molar-refractivity contribution in [2.24, 2.45) is 0 Å². The number of hydrogen-bond donors (Lipinski definition) is 1. The molecule has 2 heterocycles. The number of benzene rings is 1. The van der Waals surface area contributed by atoms with Gasteiger partial charge in [0.15, 0.2) is 22.5 Å². The number of carbonyl (C=O) groups excluding carboxylic acids is 1. The molecule has 0 bridgehead atoms. The average molecular weight is 524 g/mol. The normalized spacial score (nSPS) is 12.5. The Balaban J connectivity index is 1.41. The first-order chi connectivity index (χ1) is 17.5. The number of thioether (sulfide) groups is 1. The number of aromatic nitrogens is 3. The highest BCUT2D eigenvalue weighted by molar-refractivity contribution is 7.99. The van der Waals surface area contributed by atoms with Gasteiger partial charge in [0.25, 0.3) is 0 Å². The van der Waals surface area contributed by atoms with E-state index in [0.29, 0.717) is 46.2 Å². The Morgan fingerprint density at radius 3 is 2.92 bits per heavy atom. The number of nitrogens with zero attached hydrogens (tertiary/aromatic N) is 4. The molecule has 0 aliphatic heterocycles. The minimum atomic E-state index is -0.179. The Labute approximate surface area is 219 Å². The number of aryl methyl sites for hydroxylation is 2. The molecule has 1 aliphatic carbocycles. The maximum absolute atomic E-state index is 12.7. The fraction of sp³-hybridized carbons (Fsp3) is 0.385. The maximum atomic E-state index is 12.7. The van der Waals surface area contributed by atoms with Crippen LogP contribution in [0, 0.1) is 18.3 Å². The summed E-state index contributed by atoms with van der Waals surface area (Å²) in [5, 5.41) is 22.4. The van der Waals surface area contributed by atoms with Crippen LogP contribution in [0.5, 0.6) is 11.5 Å². The van der Waals surface area contributed by atoms with Crippen LogP contribution in [-0.2, 0) is 30.8 Å². The predicted octanol–water partition coefficient (Wildman–Crippen LogP) is 5.29.